The van der Waals surface area contributed by atoms with Crippen LogP contribution in [0.15, 0.2) is 70.1 Å². The summed E-state index contributed by atoms with van der Waals surface area (Å²) in [6.45, 7) is 0.452. The number of benzene rings is 2. The number of aryl methyl sites for hydroxylation is 1. The molecule has 0 radical (unpaired) electrons. The number of hydrogen-bond donors (Lipinski definition) is 1. The van der Waals surface area contributed by atoms with E-state index in [4.69, 9.17) is 4.52 Å². The van der Waals surface area contributed by atoms with Crippen molar-refractivity contribution in [1.82, 2.24) is 15.5 Å². The lowest BCUT2D eigenvalue weighted by Gasteiger charge is -2.02. The molecule has 1 amide bonds. The standard InChI is InChI=1S/C19H19N3O4S/c23-18(20-13-7-10-15-8-3-1-4-9-15)19-21-17(22-26-19)14-27(24,25)16-11-5-2-6-12-16/h1-6,8-9,11-12H,7,10,13-14H2,(H,20,23). The largest absolute Gasteiger partial charge is 0.348 e. The first-order valence-corrected chi connectivity index (χ1v) is 10.1. The van der Waals surface area contributed by atoms with Gasteiger partial charge in [-0.15, -0.1) is 0 Å². The predicted molar refractivity (Wildman–Crippen MR) is 98.7 cm³/mol. The lowest BCUT2D eigenvalue weighted by molar-refractivity contribution is 0.0909. The average molecular weight is 385 g/mol. The number of hydrogen-bond acceptors (Lipinski definition) is 6. The molecule has 140 valence electrons. The molecule has 7 nitrogen and oxygen atoms in total. The summed E-state index contributed by atoms with van der Waals surface area (Å²) in [4.78, 5) is 16.1. The van der Waals surface area contributed by atoms with Crippen molar-refractivity contribution in [2.45, 2.75) is 23.5 Å². The fraction of sp³-hybridized carbons (Fsp3) is 0.211. The van der Waals surface area contributed by atoms with Crippen molar-refractivity contribution in [3.8, 4) is 0 Å². The minimum absolute atomic E-state index is 0.0479. The predicted octanol–water partition coefficient (Wildman–Crippen LogP) is 2.41. The zero-order valence-corrected chi connectivity index (χ0v) is 15.4. The van der Waals surface area contributed by atoms with Gasteiger partial charge in [0.2, 0.25) is 0 Å². The Labute approximate surface area is 157 Å². The van der Waals surface area contributed by atoms with Crippen LogP contribution < -0.4 is 5.32 Å². The molecule has 0 atom stereocenters. The molecule has 27 heavy (non-hydrogen) atoms. The van der Waals surface area contributed by atoms with Gasteiger partial charge in [0.05, 0.1) is 4.90 Å². The Balaban J connectivity index is 1.52. The van der Waals surface area contributed by atoms with Crippen LogP contribution in [-0.4, -0.2) is 31.0 Å². The molecule has 2 aromatic carbocycles. The Morgan fingerprint density at radius 3 is 2.37 bits per heavy atom. The number of sulfone groups is 1. The van der Waals surface area contributed by atoms with E-state index in [1.807, 2.05) is 30.3 Å². The summed E-state index contributed by atoms with van der Waals surface area (Å²) < 4.78 is 29.5. The first-order chi connectivity index (χ1) is 13.0. The Kier molecular flexibility index (Phi) is 5.97. The third-order valence-corrected chi connectivity index (χ3v) is 5.48. The normalized spacial score (nSPS) is 11.3. The van der Waals surface area contributed by atoms with Gasteiger partial charge in [-0.25, -0.2) is 8.42 Å². The monoisotopic (exact) mass is 385 g/mol. The van der Waals surface area contributed by atoms with Gasteiger partial charge in [0, 0.05) is 6.54 Å². The van der Waals surface area contributed by atoms with Gasteiger partial charge < -0.3 is 9.84 Å². The fourth-order valence-electron chi connectivity index (χ4n) is 2.50. The van der Waals surface area contributed by atoms with E-state index in [0.29, 0.717) is 6.54 Å². The highest BCUT2D eigenvalue weighted by Gasteiger charge is 2.21. The quantitative estimate of drug-likeness (QED) is 0.598. The molecule has 0 fully saturated rings. The lowest BCUT2D eigenvalue weighted by Crippen LogP contribution is -2.25. The van der Waals surface area contributed by atoms with Gasteiger partial charge in [-0.3, -0.25) is 4.79 Å². The van der Waals surface area contributed by atoms with E-state index in [1.165, 1.54) is 17.7 Å². The molecule has 3 rings (SSSR count). The van der Waals surface area contributed by atoms with Crippen molar-refractivity contribution < 1.29 is 17.7 Å². The highest BCUT2D eigenvalue weighted by molar-refractivity contribution is 7.90. The molecule has 8 heteroatoms. The van der Waals surface area contributed by atoms with Crippen molar-refractivity contribution in [2.75, 3.05) is 6.54 Å². The summed E-state index contributed by atoms with van der Waals surface area (Å²) in [5.74, 6) is -1.23. The van der Waals surface area contributed by atoms with Crippen LogP contribution in [0.1, 0.15) is 28.5 Å². The molecule has 0 saturated carbocycles. The van der Waals surface area contributed by atoms with E-state index in [9.17, 15) is 13.2 Å². The van der Waals surface area contributed by atoms with E-state index in [-0.39, 0.29) is 16.6 Å². The summed E-state index contributed by atoms with van der Waals surface area (Å²) >= 11 is 0. The molecule has 3 aromatic rings. The number of nitrogens with zero attached hydrogens (tertiary/aromatic N) is 2. The first kappa shape index (κ1) is 18.8. The molecule has 0 spiro atoms. The van der Waals surface area contributed by atoms with Gasteiger partial charge >= 0.3 is 11.8 Å². The highest BCUT2D eigenvalue weighted by Crippen LogP contribution is 2.14. The van der Waals surface area contributed by atoms with Gasteiger partial charge in [-0.05, 0) is 30.5 Å². The van der Waals surface area contributed by atoms with E-state index in [1.54, 1.807) is 18.2 Å². The first-order valence-electron chi connectivity index (χ1n) is 8.47. The summed E-state index contributed by atoms with van der Waals surface area (Å²) in [5.41, 5.74) is 1.19. The van der Waals surface area contributed by atoms with Crippen LogP contribution in [0.5, 0.6) is 0 Å². The molecule has 0 aliphatic rings. The summed E-state index contributed by atoms with van der Waals surface area (Å²) in [7, 11) is -3.59. The van der Waals surface area contributed by atoms with Gasteiger partial charge in [0.1, 0.15) is 5.75 Å². The van der Waals surface area contributed by atoms with Crippen LogP contribution in [0.25, 0.3) is 0 Å². The smallest absolute Gasteiger partial charge is 0.315 e. The van der Waals surface area contributed by atoms with Gasteiger partial charge in [-0.1, -0.05) is 53.7 Å². The van der Waals surface area contributed by atoms with Gasteiger partial charge in [-0.2, -0.15) is 4.98 Å². The number of aromatic nitrogens is 2. The van der Waals surface area contributed by atoms with E-state index in [0.717, 1.165) is 12.8 Å². The third kappa shape index (κ3) is 5.24. The topological polar surface area (TPSA) is 102 Å². The summed E-state index contributed by atoms with van der Waals surface area (Å²) in [5, 5.41) is 6.29. The average Bonchev–Trinajstić information content (AvgIpc) is 3.14. The molecule has 0 bridgehead atoms. The Morgan fingerprint density at radius 2 is 1.67 bits per heavy atom. The number of carbonyl (C=O) groups is 1. The lowest BCUT2D eigenvalue weighted by atomic mass is 10.1. The Hall–Kier alpha value is -3.00. The maximum Gasteiger partial charge on any atom is 0.315 e. The summed E-state index contributed by atoms with van der Waals surface area (Å²) in [6, 6.07) is 17.9. The molecule has 0 aliphatic heterocycles. The molecule has 1 aromatic heterocycles. The maximum absolute atomic E-state index is 12.3. The van der Waals surface area contributed by atoms with Crippen LogP contribution in [0.3, 0.4) is 0 Å². The third-order valence-electron chi connectivity index (χ3n) is 3.85. The maximum atomic E-state index is 12.3. The number of amides is 1. The van der Waals surface area contributed by atoms with E-state index < -0.39 is 21.5 Å². The minimum Gasteiger partial charge on any atom is -0.348 e. The highest BCUT2D eigenvalue weighted by atomic mass is 32.2. The van der Waals surface area contributed by atoms with Crippen molar-refractivity contribution in [3.05, 3.63) is 77.9 Å². The molecule has 0 saturated heterocycles. The fourth-order valence-corrected chi connectivity index (χ4v) is 3.70. The van der Waals surface area contributed by atoms with Crippen molar-refractivity contribution in [2.24, 2.45) is 0 Å². The Morgan fingerprint density at radius 1 is 1.00 bits per heavy atom. The van der Waals surface area contributed by atoms with E-state index in [2.05, 4.69) is 15.5 Å². The molecule has 0 unspecified atom stereocenters. The minimum atomic E-state index is -3.59. The van der Waals surface area contributed by atoms with Crippen LogP contribution in [0.2, 0.25) is 0 Å². The molecule has 1 N–H and O–H groups in total. The SMILES string of the molecule is O=C(NCCCc1ccccc1)c1nc(CS(=O)(=O)c2ccccc2)no1. The summed E-state index contributed by atoms with van der Waals surface area (Å²) in [6.07, 6.45) is 1.60. The zero-order chi connectivity index (χ0) is 19.1. The van der Waals surface area contributed by atoms with E-state index >= 15 is 0 Å². The number of carbonyl (C=O) groups excluding carboxylic acids is 1. The van der Waals surface area contributed by atoms with Crippen molar-refractivity contribution in [3.63, 3.8) is 0 Å². The van der Waals surface area contributed by atoms with Crippen LogP contribution in [-0.2, 0) is 22.0 Å². The van der Waals surface area contributed by atoms with Crippen LogP contribution in [0, 0.1) is 0 Å². The zero-order valence-electron chi connectivity index (χ0n) is 14.5. The van der Waals surface area contributed by atoms with Crippen LogP contribution >= 0.6 is 0 Å². The van der Waals surface area contributed by atoms with Crippen molar-refractivity contribution in [1.29, 1.82) is 0 Å². The number of rotatable bonds is 8. The number of nitrogens with one attached hydrogen (secondary N) is 1. The Bertz CT molecular complexity index is 986. The van der Waals surface area contributed by atoms with Gasteiger partial charge in [0.15, 0.2) is 15.7 Å². The molecular weight excluding hydrogens is 366 g/mol. The van der Waals surface area contributed by atoms with Gasteiger partial charge in [0.25, 0.3) is 0 Å². The van der Waals surface area contributed by atoms with Crippen molar-refractivity contribution >= 4 is 15.7 Å². The second-order valence-electron chi connectivity index (χ2n) is 5.93. The molecular formula is C19H19N3O4S. The molecule has 0 aliphatic carbocycles. The second-order valence-corrected chi connectivity index (χ2v) is 7.92. The molecule has 1 heterocycles. The van der Waals surface area contributed by atoms with Crippen LogP contribution in [0.4, 0.5) is 0 Å². The second kappa shape index (κ2) is 8.59.